The van der Waals surface area contributed by atoms with Crippen LogP contribution < -0.4 is 0 Å². The van der Waals surface area contributed by atoms with Gasteiger partial charge in [-0.05, 0) is 40.8 Å². The second-order valence-corrected chi connectivity index (χ2v) is 6.20. The normalized spacial score (nSPS) is 11.8. The molecule has 1 aromatic carbocycles. The lowest BCUT2D eigenvalue weighted by atomic mass is 10.1. The first-order valence-electron chi connectivity index (χ1n) is 5.08. The van der Waals surface area contributed by atoms with Gasteiger partial charge in [-0.2, -0.15) is 13.2 Å². The van der Waals surface area contributed by atoms with E-state index in [1.165, 1.54) is 18.2 Å². The number of nitrogens with zero attached hydrogens (tertiary/aromatic N) is 1. The van der Waals surface area contributed by atoms with Gasteiger partial charge in [-0.25, -0.2) is 0 Å². The molecule has 0 atom stereocenters. The van der Waals surface area contributed by atoms with Gasteiger partial charge in [0.1, 0.15) is 0 Å². The molecule has 0 fully saturated rings. The fraction of sp³-hybridized carbons (Fsp3) is 0.0833. The average Bonchev–Trinajstić information content (AvgIpc) is 2.25. The van der Waals surface area contributed by atoms with Gasteiger partial charge < -0.3 is 0 Å². The highest BCUT2D eigenvalue weighted by Gasteiger charge is 2.33. The van der Waals surface area contributed by atoms with Crippen LogP contribution in [-0.2, 0) is 6.18 Å². The summed E-state index contributed by atoms with van der Waals surface area (Å²) in [5.41, 5.74) is -0.193. The number of benzene rings is 1. The van der Waals surface area contributed by atoms with Crippen molar-refractivity contribution in [1.29, 1.82) is 0 Å². The molecule has 20 heavy (non-hydrogen) atoms. The van der Waals surface area contributed by atoms with Gasteiger partial charge in [0.05, 0.1) is 21.3 Å². The lowest BCUT2D eigenvalue weighted by molar-refractivity contribution is -0.138. The Morgan fingerprint density at radius 2 is 1.55 bits per heavy atom. The highest BCUT2D eigenvalue weighted by molar-refractivity contribution is 14.1. The minimum absolute atomic E-state index is 0.0159. The molecule has 0 aliphatic rings. The molecule has 0 spiro atoms. The monoisotopic (exact) mass is 451 g/mol. The van der Waals surface area contributed by atoms with E-state index in [-0.39, 0.29) is 19.3 Å². The maximum atomic E-state index is 12.7. The second kappa shape index (κ2) is 5.87. The van der Waals surface area contributed by atoms with Crippen LogP contribution in [0.5, 0.6) is 0 Å². The van der Waals surface area contributed by atoms with E-state index in [0.717, 1.165) is 6.20 Å². The molecule has 0 saturated heterocycles. The summed E-state index contributed by atoms with van der Waals surface area (Å²) in [7, 11) is 0. The molecule has 0 amide bonds. The molecule has 106 valence electrons. The third kappa shape index (κ3) is 3.32. The van der Waals surface area contributed by atoms with Crippen molar-refractivity contribution < 1.29 is 13.2 Å². The zero-order valence-electron chi connectivity index (χ0n) is 9.40. The third-order valence-electron chi connectivity index (χ3n) is 2.42. The van der Waals surface area contributed by atoms with Crippen molar-refractivity contribution in [3.05, 3.63) is 48.6 Å². The molecule has 1 nitrogen and oxygen atoms in total. The van der Waals surface area contributed by atoms with Crippen LogP contribution in [0.4, 0.5) is 13.2 Å². The van der Waals surface area contributed by atoms with Gasteiger partial charge in [0, 0.05) is 20.4 Å². The molecular weight excluding hydrogens is 448 g/mol. The molecule has 0 unspecified atom stereocenters. The topological polar surface area (TPSA) is 12.9 Å². The predicted molar refractivity (Wildman–Crippen MR) is 82.4 cm³/mol. The Morgan fingerprint density at radius 3 is 2.00 bits per heavy atom. The third-order valence-corrected chi connectivity index (χ3v) is 4.13. The Morgan fingerprint density at radius 1 is 1.00 bits per heavy atom. The van der Waals surface area contributed by atoms with Crippen molar-refractivity contribution in [3.63, 3.8) is 0 Å². The molecule has 0 aliphatic heterocycles. The summed E-state index contributed by atoms with van der Waals surface area (Å²) in [4.78, 5) is 3.79. The van der Waals surface area contributed by atoms with Gasteiger partial charge in [0.25, 0.3) is 0 Å². The standard InChI is InChI=1S/C12H4Cl3F3IN/c13-5-1-7(14)11(8(15)2-5)10-3-9(19)6(4-20-10)12(16,17)18/h1-4H. The number of rotatable bonds is 1. The number of aromatic nitrogens is 1. The Kier molecular flexibility index (Phi) is 4.73. The highest BCUT2D eigenvalue weighted by Crippen LogP contribution is 2.39. The van der Waals surface area contributed by atoms with Crippen LogP contribution >= 0.6 is 57.4 Å². The minimum atomic E-state index is -4.45. The fourth-order valence-electron chi connectivity index (χ4n) is 1.56. The Hall–Kier alpha value is -0.240. The summed E-state index contributed by atoms with van der Waals surface area (Å²) in [6, 6.07) is 4.19. The molecule has 0 radical (unpaired) electrons. The molecule has 0 bridgehead atoms. The smallest absolute Gasteiger partial charge is 0.255 e. The van der Waals surface area contributed by atoms with E-state index in [2.05, 4.69) is 4.98 Å². The SMILES string of the molecule is FC(F)(F)c1cnc(-c2c(Cl)cc(Cl)cc2Cl)cc1I. The van der Waals surface area contributed by atoms with Gasteiger partial charge in [-0.1, -0.05) is 34.8 Å². The van der Waals surface area contributed by atoms with E-state index in [4.69, 9.17) is 34.8 Å². The van der Waals surface area contributed by atoms with Crippen molar-refractivity contribution in [2.75, 3.05) is 0 Å². The zero-order valence-corrected chi connectivity index (χ0v) is 13.8. The van der Waals surface area contributed by atoms with Crippen molar-refractivity contribution in [1.82, 2.24) is 4.98 Å². The number of pyridine rings is 1. The molecule has 1 heterocycles. The fourth-order valence-corrected chi connectivity index (χ4v) is 3.31. The summed E-state index contributed by atoms with van der Waals surface area (Å²) in [6.07, 6.45) is -3.69. The minimum Gasteiger partial charge on any atom is -0.255 e. The Bertz CT molecular complexity index is 650. The maximum Gasteiger partial charge on any atom is 0.418 e. The summed E-state index contributed by atoms with van der Waals surface area (Å²) in [6.45, 7) is 0. The van der Waals surface area contributed by atoms with E-state index in [9.17, 15) is 13.2 Å². The van der Waals surface area contributed by atoms with E-state index in [1.807, 2.05) is 0 Å². The molecule has 8 heteroatoms. The van der Waals surface area contributed by atoms with E-state index >= 15 is 0 Å². The maximum absolute atomic E-state index is 12.7. The molecular formula is C12H4Cl3F3IN. The van der Waals surface area contributed by atoms with Gasteiger partial charge in [0.2, 0.25) is 0 Å². The summed E-state index contributed by atoms with van der Waals surface area (Å²) in [5, 5.41) is 0.793. The van der Waals surface area contributed by atoms with E-state index in [1.54, 1.807) is 22.6 Å². The summed E-state index contributed by atoms with van der Waals surface area (Å²) >= 11 is 19.4. The van der Waals surface area contributed by atoms with Gasteiger partial charge in [-0.15, -0.1) is 0 Å². The highest BCUT2D eigenvalue weighted by atomic mass is 127. The lowest BCUT2D eigenvalue weighted by Gasteiger charge is -2.12. The molecule has 2 aromatic rings. The van der Waals surface area contributed by atoms with E-state index < -0.39 is 11.7 Å². The summed E-state index contributed by atoms with van der Waals surface area (Å²) < 4.78 is 38.1. The largest absolute Gasteiger partial charge is 0.418 e. The van der Waals surface area contributed by atoms with Crippen LogP contribution in [0.25, 0.3) is 11.3 Å². The predicted octanol–water partition coefficient (Wildman–Crippen LogP) is 6.33. The van der Waals surface area contributed by atoms with Crippen molar-refractivity contribution in [2.45, 2.75) is 6.18 Å². The van der Waals surface area contributed by atoms with Gasteiger partial charge in [0.15, 0.2) is 0 Å². The van der Waals surface area contributed by atoms with Crippen LogP contribution in [-0.4, -0.2) is 4.98 Å². The molecule has 1 aromatic heterocycles. The average molecular weight is 452 g/mol. The first kappa shape index (κ1) is 16.1. The van der Waals surface area contributed by atoms with Gasteiger partial charge >= 0.3 is 6.18 Å². The number of hydrogen-bond donors (Lipinski definition) is 0. The molecule has 0 N–H and O–H groups in total. The molecule has 0 aliphatic carbocycles. The van der Waals surface area contributed by atoms with Crippen molar-refractivity contribution in [3.8, 4) is 11.3 Å². The van der Waals surface area contributed by atoms with Crippen LogP contribution in [0.1, 0.15) is 5.56 Å². The number of halogens is 7. The van der Waals surface area contributed by atoms with Crippen LogP contribution in [0.3, 0.4) is 0 Å². The van der Waals surface area contributed by atoms with Gasteiger partial charge in [-0.3, -0.25) is 4.98 Å². The van der Waals surface area contributed by atoms with Crippen molar-refractivity contribution in [2.24, 2.45) is 0 Å². The molecule has 2 rings (SSSR count). The van der Waals surface area contributed by atoms with E-state index in [0.29, 0.717) is 10.6 Å². The lowest BCUT2D eigenvalue weighted by Crippen LogP contribution is -2.08. The quantitative estimate of drug-likeness (QED) is 0.461. The first-order valence-corrected chi connectivity index (χ1v) is 7.29. The van der Waals surface area contributed by atoms with Crippen molar-refractivity contribution >= 4 is 57.4 Å². The molecule has 0 saturated carbocycles. The van der Waals surface area contributed by atoms with Crippen LogP contribution in [0, 0.1) is 3.57 Å². The zero-order chi connectivity index (χ0) is 15.1. The first-order chi connectivity index (χ1) is 9.20. The Labute approximate surface area is 141 Å². The van der Waals surface area contributed by atoms with Crippen LogP contribution in [0.15, 0.2) is 24.4 Å². The summed E-state index contributed by atoms with van der Waals surface area (Å²) in [5.74, 6) is 0. The Balaban J connectivity index is 2.59. The number of hydrogen-bond acceptors (Lipinski definition) is 1. The number of alkyl halides is 3. The van der Waals surface area contributed by atoms with Crippen LogP contribution in [0.2, 0.25) is 15.1 Å². The second-order valence-electron chi connectivity index (χ2n) is 3.79.